The zero-order valence-corrected chi connectivity index (χ0v) is 17.7. The molecule has 0 aliphatic carbocycles. The van der Waals surface area contributed by atoms with E-state index in [0.717, 1.165) is 15.8 Å². The average Bonchev–Trinajstić information content (AvgIpc) is 3.15. The second-order valence-corrected chi connectivity index (χ2v) is 7.58. The van der Waals surface area contributed by atoms with E-state index in [-0.39, 0.29) is 0 Å². The number of hydrogen-bond donors (Lipinski definition) is 0. The first-order chi connectivity index (χ1) is 13.1. The smallest absolute Gasteiger partial charge is 0.276 e. The maximum Gasteiger partial charge on any atom is 0.276 e. The molecule has 0 atom stereocenters. The Bertz CT molecular complexity index is 900. The number of halogens is 2. The Hall–Kier alpha value is -1.90. The van der Waals surface area contributed by atoms with Crippen molar-refractivity contribution in [3.05, 3.63) is 45.9 Å². The van der Waals surface area contributed by atoms with Crippen molar-refractivity contribution in [2.24, 2.45) is 0 Å². The van der Waals surface area contributed by atoms with Gasteiger partial charge in [0.15, 0.2) is 0 Å². The maximum absolute atomic E-state index is 5.92. The molecule has 0 saturated carbocycles. The lowest BCUT2D eigenvalue weighted by Gasteiger charge is -2.07. The molecule has 3 aromatic rings. The number of nitrogens with zero attached hydrogens (tertiary/aromatic N) is 2. The molecule has 2 aromatic carbocycles. The van der Waals surface area contributed by atoms with E-state index in [9.17, 15) is 0 Å². The topological polar surface area (TPSA) is 66.6 Å². The highest BCUT2D eigenvalue weighted by molar-refractivity contribution is 9.10. The quantitative estimate of drug-likeness (QED) is 0.324. The number of aromatic nitrogens is 2. The van der Waals surface area contributed by atoms with Crippen molar-refractivity contribution in [2.75, 3.05) is 26.6 Å². The van der Waals surface area contributed by atoms with Gasteiger partial charge in [0.05, 0.1) is 25.3 Å². The zero-order chi connectivity index (χ0) is 19.2. The number of benzene rings is 2. The Morgan fingerprint density at radius 1 is 1.07 bits per heavy atom. The summed E-state index contributed by atoms with van der Waals surface area (Å²) >= 11 is 10.8. The number of methoxy groups -OCH3 is 2. The second kappa shape index (κ2) is 9.34. The van der Waals surface area contributed by atoms with Crippen molar-refractivity contribution in [2.45, 2.75) is 5.22 Å². The standard InChI is InChI=1S/C18H16BrClN2O4S/c1-23-13-7-11(8-14(10-13)24-2)17-21-22-18(26-17)27-6-5-25-16-4-3-12(20)9-15(16)19/h3-4,7-10H,5-6H2,1-2H3. The molecule has 0 amide bonds. The Labute approximate surface area is 174 Å². The lowest BCUT2D eigenvalue weighted by molar-refractivity contribution is 0.341. The van der Waals surface area contributed by atoms with E-state index in [0.29, 0.717) is 40.0 Å². The van der Waals surface area contributed by atoms with E-state index in [1.54, 1.807) is 32.4 Å². The van der Waals surface area contributed by atoms with Gasteiger partial charge in [-0.2, -0.15) is 0 Å². The largest absolute Gasteiger partial charge is 0.497 e. The molecule has 0 aliphatic heterocycles. The molecule has 9 heteroatoms. The summed E-state index contributed by atoms with van der Waals surface area (Å²) in [6, 6.07) is 10.8. The molecule has 0 unspecified atom stereocenters. The van der Waals surface area contributed by atoms with E-state index in [1.165, 1.54) is 11.8 Å². The molecule has 0 aliphatic rings. The van der Waals surface area contributed by atoms with Crippen LogP contribution < -0.4 is 14.2 Å². The van der Waals surface area contributed by atoms with Crippen LogP contribution in [0.2, 0.25) is 5.02 Å². The minimum absolute atomic E-state index is 0.399. The fourth-order valence-electron chi connectivity index (χ4n) is 2.19. The van der Waals surface area contributed by atoms with Crippen LogP contribution in [-0.2, 0) is 0 Å². The molecule has 1 heterocycles. The lowest BCUT2D eigenvalue weighted by atomic mass is 10.2. The molecule has 0 saturated heterocycles. The summed E-state index contributed by atoms with van der Waals surface area (Å²) in [6.07, 6.45) is 0. The van der Waals surface area contributed by atoms with Crippen LogP contribution in [0.4, 0.5) is 0 Å². The third-order valence-electron chi connectivity index (χ3n) is 3.47. The number of ether oxygens (including phenoxy) is 3. The van der Waals surface area contributed by atoms with Crippen LogP contribution in [-0.4, -0.2) is 36.8 Å². The Balaban J connectivity index is 1.58. The van der Waals surface area contributed by atoms with Crippen LogP contribution in [0.25, 0.3) is 11.5 Å². The summed E-state index contributed by atoms with van der Waals surface area (Å²) in [5.41, 5.74) is 0.729. The van der Waals surface area contributed by atoms with Gasteiger partial charge < -0.3 is 18.6 Å². The first kappa shape index (κ1) is 19.9. The molecule has 142 valence electrons. The van der Waals surface area contributed by atoms with E-state index >= 15 is 0 Å². The van der Waals surface area contributed by atoms with Gasteiger partial charge in [-0.3, -0.25) is 0 Å². The van der Waals surface area contributed by atoms with Crippen LogP contribution >= 0.6 is 39.3 Å². The number of hydrogen-bond acceptors (Lipinski definition) is 7. The van der Waals surface area contributed by atoms with E-state index in [2.05, 4.69) is 26.1 Å². The summed E-state index contributed by atoms with van der Waals surface area (Å²) in [6.45, 7) is 0.482. The van der Waals surface area contributed by atoms with Crippen molar-refractivity contribution < 1.29 is 18.6 Å². The Morgan fingerprint density at radius 3 is 2.48 bits per heavy atom. The van der Waals surface area contributed by atoms with Crippen LogP contribution in [0, 0.1) is 0 Å². The molecule has 27 heavy (non-hydrogen) atoms. The van der Waals surface area contributed by atoms with Gasteiger partial charge in [0, 0.05) is 22.4 Å². The molecule has 0 radical (unpaired) electrons. The van der Waals surface area contributed by atoms with E-state index < -0.39 is 0 Å². The van der Waals surface area contributed by atoms with Crippen molar-refractivity contribution in [3.63, 3.8) is 0 Å². The molecule has 6 nitrogen and oxygen atoms in total. The lowest BCUT2D eigenvalue weighted by Crippen LogP contribution is -2.00. The van der Waals surface area contributed by atoms with Crippen LogP contribution in [0.5, 0.6) is 17.2 Å². The van der Waals surface area contributed by atoms with Crippen molar-refractivity contribution in [1.82, 2.24) is 10.2 Å². The fourth-order valence-corrected chi connectivity index (χ4v) is 3.56. The van der Waals surface area contributed by atoms with Gasteiger partial charge in [0.1, 0.15) is 17.2 Å². The average molecular weight is 472 g/mol. The third-order valence-corrected chi connectivity index (χ3v) is 5.10. The zero-order valence-electron chi connectivity index (χ0n) is 14.6. The summed E-state index contributed by atoms with van der Waals surface area (Å²) in [4.78, 5) is 0. The van der Waals surface area contributed by atoms with Crippen molar-refractivity contribution in [1.29, 1.82) is 0 Å². The summed E-state index contributed by atoms with van der Waals surface area (Å²) < 4.78 is 22.8. The van der Waals surface area contributed by atoms with Gasteiger partial charge >= 0.3 is 0 Å². The van der Waals surface area contributed by atoms with Crippen molar-refractivity contribution >= 4 is 39.3 Å². The van der Waals surface area contributed by atoms with E-state index in [4.69, 9.17) is 30.2 Å². The molecule has 0 spiro atoms. The summed E-state index contributed by atoms with van der Waals surface area (Å²) in [7, 11) is 3.18. The van der Waals surface area contributed by atoms with Gasteiger partial charge in [-0.15, -0.1) is 10.2 Å². The Morgan fingerprint density at radius 2 is 1.81 bits per heavy atom. The molecule has 0 bridgehead atoms. The predicted octanol–water partition coefficient (Wildman–Crippen LogP) is 5.34. The first-order valence-electron chi connectivity index (χ1n) is 7.86. The van der Waals surface area contributed by atoms with Crippen LogP contribution in [0.3, 0.4) is 0 Å². The van der Waals surface area contributed by atoms with Gasteiger partial charge in [0.25, 0.3) is 5.22 Å². The Kier molecular flexibility index (Phi) is 6.87. The highest BCUT2D eigenvalue weighted by Gasteiger charge is 2.12. The van der Waals surface area contributed by atoms with E-state index in [1.807, 2.05) is 18.2 Å². The first-order valence-corrected chi connectivity index (χ1v) is 10.0. The van der Waals surface area contributed by atoms with Gasteiger partial charge in [-0.05, 0) is 46.3 Å². The highest BCUT2D eigenvalue weighted by atomic mass is 79.9. The molecular formula is C18H16BrClN2O4S. The molecule has 0 N–H and O–H groups in total. The maximum atomic E-state index is 5.92. The highest BCUT2D eigenvalue weighted by Crippen LogP contribution is 2.31. The minimum atomic E-state index is 0.399. The second-order valence-electron chi connectivity index (χ2n) is 5.25. The normalized spacial score (nSPS) is 10.7. The predicted molar refractivity (Wildman–Crippen MR) is 108 cm³/mol. The molecular weight excluding hydrogens is 456 g/mol. The number of rotatable bonds is 8. The summed E-state index contributed by atoms with van der Waals surface area (Å²) in [5.74, 6) is 3.08. The summed E-state index contributed by atoms with van der Waals surface area (Å²) in [5, 5.41) is 9.26. The molecule has 1 aromatic heterocycles. The third kappa shape index (κ3) is 5.31. The monoisotopic (exact) mass is 470 g/mol. The molecule has 0 fully saturated rings. The van der Waals surface area contributed by atoms with Crippen LogP contribution in [0.1, 0.15) is 0 Å². The SMILES string of the molecule is COc1cc(OC)cc(-c2nnc(SCCOc3ccc(Cl)cc3Br)o2)c1. The number of thioether (sulfide) groups is 1. The van der Waals surface area contributed by atoms with Gasteiger partial charge in [-0.1, -0.05) is 23.4 Å². The minimum Gasteiger partial charge on any atom is -0.497 e. The van der Waals surface area contributed by atoms with Gasteiger partial charge in [-0.25, -0.2) is 0 Å². The molecule has 3 rings (SSSR count). The van der Waals surface area contributed by atoms with Crippen LogP contribution in [0.15, 0.2) is 50.5 Å². The fraction of sp³-hybridized carbons (Fsp3) is 0.222. The van der Waals surface area contributed by atoms with Gasteiger partial charge in [0.2, 0.25) is 5.89 Å². The van der Waals surface area contributed by atoms with Crippen molar-refractivity contribution in [3.8, 4) is 28.7 Å².